The van der Waals surface area contributed by atoms with Crippen LogP contribution in [0.15, 0.2) is 58.7 Å². The van der Waals surface area contributed by atoms with E-state index < -0.39 is 15.8 Å². The molecule has 0 unspecified atom stereocenters. The van der Waals surface area contributed by atoms with E-state index in [4.69, 9.17) is 0 Å². The zero-order valence-corrected chi connectivity index (χ0v) is 15.2. The lowest BCUT2D eigenvalue weighted by molar-refractivity contribution is 0.184. The lowest BCUT2D eigenvalue weighted by Gasteiger charge is -2.37. The first-order valence-electron chi connectivity index (χ1n) is 8.19. The highest BCUT2D eigenvalue weighted by atomic mass is 32.2. The maximum absolute atomic E-state index is 13.4. The minimum Gasteiger partial charge on any atom is -0.324 e. The Kier molecular flexibility index (Phi) is 4.16. The van der Waals surface area contributed by atoms with Crippen LogP contribution in [-0.4, -0.2) is 45.1 Å². The molecule has 0 atom stereocenters. The van der Waals surface area contributed by atoms with Gasteiger partial charge in [-0.1, -0.05) is 12.1 Å². The Bertz CT molecular complexity index is 1170. The van der Waals surface area contributed by atoms with E-state index in [1.165, 1.54) is 44.0 Å². The van der Waals surface area contributed by atoms with Gasteiger partial charge in [0, 0.05) is 44.2 Å². The Balaban J connectivity index is 1.59. The molecule has 0 aliphatic carbocycles. The first-order chi connectivity index (χ1) is 12.9. The van der Waals surface area contributed by atoms with Crippen LogP contribution in [-0.2, 0) is 17.1 Å². The number of rotatable bonds is 4. The highest BCUT2D eigenvalue weighted by Gasteiger charge is 2.40. The molecule has 0 spiro atoms. The average molecular weight is 389 g/mol. The molecule has 140 valence electrons. The van der Waals surface area contributed by atoms with Gasteiger partial charge in [0.05, 0.1) is 11.7 Å². The van der Waals surface area contributed by atoms with Gasteiger partial charge in [0.1, 0.15) is 5.82 Å². The fraction of sp³-hybridized carbons (Fsp3) is 0.235. The molecule has 0 saturated carbocycles. The topological polar surface area (TPSA) is 90.1 Å². The van der Waals surface area contributed by atoms with E-state index in [9.17, 15) is 17.6 Å². The van der Waals surface area contributed by atoms with E-state index in [-0.39, 0.29) is 29.8 Å². The Morgan fingerprint density at radius 2 is 1.96 bits per heavy atom. The molecule has 27 heavy (non-hydrogen) atoms. The molecule has 1 fully saturated rings. The van der Waals surface area contributed by atoms with Gasteiger partial charge in [-0.05, 0) is 18.2 Å². The van der Waals surface area contributed by atoms with Gasteiger partial charge in [-0.2, -0.15) is 9.40 Å². The highest BCUT2D eigenvalue weighted by molar-refractivity contribution is 7.89. The lowest BCUT2D eigenvalue weighted by atomic mass is 10.1. The first kappa shape index (κ1) is 17.6. The fourth-order valence-electron chi connectivity index (χ4n) is 2.97. The summed E-state index contributed by atoms with van der Waals surface area (Å²) in [7, 11) is -2.12. The predicted octanol–water partition coefficient (Wildman–Crippen LogP) is 1.03. The van der Waals surface area contributed by atoms with Crippen LogP contribution in [0.2, 0.25) is 0 Å². The molecular weight excluding hydrogens is 373 g/mol. The van der Waals surface area contributed by atoms with Crippen LogP contribution < -0.4 is 5.56 Å². The number of nitrogens with zero attached hydrogens (tertiary/aromatic N) is 5. The fourth-order valence-corrected chi connectivity index (χ4v) is 4.56. The summed E-state index contributed by atoms with van der Waals surface area (Å²) in [4.78, 5) is 16.1. The molecule has 10 heteroatoms. The Morgan fingerprint density at radius 3 is 2.63 bits per heavy atom. The smallest absolute Gasteiger partial charge is 0.277 e. The lowest BCUT2D eigenvalue weighted by Crippen LogP contribution is -2.53. The largest absolute Gasteiger partial charge is 0.324 e. The van der Waals surface area contributed by atoms with Gasteiger partial charge in [-0.3, -0.25) is 4.79 Å². The second kappa shape index (κ2) is 6.39. The van der Waals surface area contributed by atoms with Gasteiger partial charge in [0.2, 0.25) is 5.16 Å². The van der Waals surface area contributed by atoms with Crippen molar-refractivity contribution in [2.24, 2.45) is 7.05 Å². The molecule has 1 aliphatic rings. The number of benzene rings is 1. The average Bonchev–Trinajstić information content (AvgIpc) is 3.02. The maximum atomic E-state index is 13.4. The summed E-state index contributed by atoms with van der Waals surface area (Å²) in [6.45, 7) is 0.239. The first-order valence-corrected chi connectivity index (χ1v) is 9.63. The van der Waals surface area contributed by atoms with Crippen molar-refractivity contribution in [2.45, 2.75) is 11.2 Å². The summed E-state index contributed by atoms with van der Waals surface area (Å²) < 4.78 is 42.5. The molecule has 3 heterocycles. The zero-order valence-electron chi connectivity index (χ0n) is 14.4. The third-order valence-corrected chi connectivity index (χ3v) is 6.30. The van der Waals surface area contributed by atoms with E-state index in [2.05, 4.69) is 10.1 Å². The van der Waals surface area contributed by atoms with Gasteiger partial charge in [0.15, 0.2) is 0 Å². The summed E-state index contributed by atoms with van der Waals surface area (Å²) in [5, 5.41) is 4.25. The van der Waals surface area contributed by atoms with Crippen molar-refractivity contribution in [1.29, 1.82) is 0 Å². The van der Waals surface area contributed by atoms with Crippen molar-refractivity contribution in [3.63, 3.8) is 0 Å². The van der Waals surface area contributed by atoms with Crippen LogP contribution in [0.5, 0.6) is 0 Å². The van der Waals surface area contributed by atoms with Crippen LogP contribution in [0.3, 0.4) is 0 Å². The standard InChI is InChI=1S/C17H16FN5O3S/c1-21-8-7-19-17(21)27(25,26)22-10-14(11-22)23-16(24)6-5-15(20-23)12-3-2-4-13(18)9-12/h2-9,14H,10-11H2,1H3. The number of hydrogen-bond donors (Lipinski definition) is 0. The van der Waals surface area contributed by atoms with Crippen molar-refractivity contribution in [3.8, 4) is 11.3 Å². The molecule has 0 N–H and O–H groups in total. The molecule has 1 saturated heterocycles. The minimum atomic E-state index is -3.72. The van der Waals surface area contributed by atoms with Gasteiger partial charge >= 0.3 is 0 Å². The molecule has 2 aromatic heterocycles. The molecule has 4 rings (SSSR count). The van der Waals surface area contributed by atoms with Crippen LogP contribution in [0, 0.1) is 5.82 Å². The summed E-state index contributed by atoms with van der Waals surface area (Å²) in [5.41, 5.74) is 0.647. The highest BCUT2D eigenvalue weighted by Crippen LogP contribution is 2.27. The van der Waals surface area contributed by atoms with E-state index in [0.29, 0.717) is 11.3 Å². The van der Waals surface area contributed by atoms with E-state index in [1.54, 1.807) is 25.4 Å². The molecule has 0 bridgehead atoms. The molecule has 0 radical (unpaired) electrons. The van der Waals surface area contributed by atoms with Crippen molar-refractivity contribution in [2.75, 3.05) is 13.1 Å². The van der Waals surface area contributed by atoms with Crippen molar-refractivity contribution < 1.29 is 12.8 Å². The summed E-state index contributed by atoms with van der Waals surface area (Å²) in [6, 6.07) is 8.39. The number of aryl methyl sites for hydroxylation is 1. The number of halogens is 1. The monoisotopic (exact) mass is 389 g/mol. The second-order valence-electron chi connectivity index (χ2n) is 6.31. The predicted molar refractivity (Wildman–Crippen MR) is 94.9 cm³/mol. The molecule has 1 aliphatic heterocycles. The maximum Gasteiger partial charge on any atom is 0.277 e. The van der Waals surface area contributed by atoms with Crippen LogP contribution in [0.25, 0.3) is 11.3 Å². The Hall–Kier alpha value is -2.85. The Morgan fingerprint density at radius 1 is 1.19 bits per heavy atom. The molecule has 1 aromatic carbocycles. The van der Waals surface area contributed by atoms with Crippen LogP contribution in [0.4, 0.5) is 4.39 Å². The number of imidazole rings is 1. The quantitative estimate of drug-likeness (QED) is 0.665. The van der Waals surface area contributed by atoms with E-state index >= 15 is 0 Å². The SMILES string of the molecule is Cn1ccnc1S(=O)(=O)N1CC(n2nc(-c3cccc(F)c3)ccc2=O)C1. The van der Waals surface area contributed by atoms with E-state index in [1.807, 2.05) is 0 Å². The van der Waals surface area contributed by atoms with Crippen LogP contribution in [0.1, 0.15) is 6.04 Å². The van der Waals surface area contributed by atoms with Gasteiger partial charge in [0.25, 0.3) is 15.6 Å². The van der Waals surface area contributed by atoms with Gasteiger partial charge in [-0.15, -0.1) is 0 Å². The molecule has 3 aromatic rings. The van der Waals surface area contributed by atoms with Crippen LogP contribution >= 0.6 is 0 Å². The third kappa shape index (κ3) is 3.06. The number of sulfonamides is 1. The van der Waals surface area contributed by atoms with Crippen molar-refractivity contribution in [3.05, 3.63) is 65.0 Å². The third-order valence-electron chi connectivity index (χ3n) is 4.47. The zero-order chi connectivity index (χ0) is 19.2. The molecular formula is C17H16FN5O3S. The van der Waals surface area contributed by atoms with Gasteiger partial charge in [-0.25, -0.2) is 22.5 Å². The summed E-state index contributed by atoms with van der Waals surface area (Å²) in [6.07, 6.45) is 2.97. The number of aromatic nitrogens is 4. The summed E-state index contributed by atoms with van der Waals surface area (Å²) in [5.74, 6) is -0.400. The van der Waals surface area contributed by atoms with Gasteiger partial charge < -0.3 is 4.57 Å². The molecule has 0 amide bonds. The normalized spacial score (nSPS) is 15.6. The number of hydrogen-bond acceptors (Lipinski definition) is 5. The second-order valence-corrected chi connectivity index (χ2v) is 8.14. The van der Waals surface area contributed by atoms with Crippen molar-refractivity contribution in [1.82, 2.24) is 23.6 Å². The minimum absolute atomic E-state index is 0.0465. The summed E-state index contributed by atoms with van der Waals surface area (Å²) >= 11 is 0. The van der Waals surface area contributed by atoms with E-state index in [0.717, 1.165) is 0 Å². The Labute approximate surface area is 154 Å². The molecule has 8 nitrogen and oxygen atoms in total. The van der Waals surface area contributed by atoms with Crippen molar-refractivity contribution >= 4 is 10.0 Å².